The highest BCUT2D eigenvalue weighted by Crippen LogP contribution is 2.25. The summed E-state index contributed by atoms with van der Waals surface area (Å²) < 4.78 is 42.8. The maximum absolute atomic E-state index is 13.5. The van der Waals surface area contributed by atoms with E-state index in [4.69, 9.17) is 4.18 Å². The average Bonchev–Trinajstić information content (AvgIpc) is 2.34. The van der Waals surface area contributed by atoms with Crippen LogP contribution < -0.4 is 4.18 Å². The molecule has 0 bridgehead atoms. The number of aryl methyl sites for hydroxylation is 1. The molecule has 0 atom stereocenters. The van der Waals surface area contributed by atoms with E-state index in [0.717, 1.165) is 11.6 Å². The highest BCUT2D eigenvalue weighted by molar-refractivity contribution is 9.10. The van der Waals surface area contributed by atoms with E-state index in [1.807, 2.05) is 6.92 Å². The van der Waals surface area contributed by atoms with Gasteiger partial charge in [-0.3, -0.25) is 0 Å². The summed E-state index contributed by atoms with van der Waals surface area (Å²) >= 11 is 3.13. The maximum Gasteiger partial charge on any atom is 0.339 e. The minimum absolute atomic E-state index is 0.0162. The Hall–Kier alpha value is -1.40. The zero-order valence-electron chi connectivity index (χ0n) is 9.93. The largest absolute Gasteiger partial charge is 0.376 e. The normalized spacial score (nSPS) is 11.3. The number of benzene rings is 2. The van der Waals surface area contributed by atoms with Gasteiger partial charge in [-0.05, 0) is 37.3 Å². The van der Waals surface area contributed by atoms with Crippen molar-refractivity contribution in [3.05, 3.63) is 58.3 Å². The Morgan fingerprint density at radius 1 is 1.11 bits per heavy atom. The van der Waals surface area contributed by atoms with Gasteiger partial charge >= 0.3 is 10.1 Å². The summed E-state index contributed by atoms with van der Waals surface area (Å²) in [6.45, 7) is 1.84. The lowest BCUT2D eigenvalue weighted by atomic mass is 10.2. The third-order valence-electron chi connectivity index (χ3n) is 2.40. The molecule has 2 aromatic carbocycles. The average molecular weight is 345 g/mol. The van der Waals surface area contributed by atoms with Crippen LogP contribution in [0.1, 0.15) is 5.56 Å². The molecule has 6 heteroatoms. The summed E-state index contributed by atoms with van der Waals surface area (Å²) in [6.07, 6.45) is 0. The number of rotatable bonds is 3. The van der Waals surface area contributed by atoms with E-state index in [0.29, 0.717) is 4.47 Å². The van der Waals surface area contributed by atoms with E-state index >= 15 is 0 Å². The summed E-state index contributed by atoms with van der Waals surface area (Å²) in [5, 5.41) is 0. The molecule has 0 aliphatic rings. The zero-order valence-corrected chi connectivity index (χ0v) is 12.3. The van der Waals surface area contributed by atoms with Crippen LogP contribution in [-0.4, -0.2) is 8.42 Å². The first-order chi connectivity index (χ1) is 8.88. The van der Waals surface area contributed by atoms with Gasteiger partial charge in [-0.25, -0.2) is 4.39 Å². The lowest BCUT2D eigenvalue weighted by Gasteiger charge is -2.08. The molecule has 0 saturated heterocycles. The van der Waals surface area contributed by atoms with Gasteiger partial charge in [-0.2, -0.15) is 8.42 Å². The van der Waals surface area contributed by atoms with Crippen molar-refractivity contribution in [3.63, 3.8) is 0 Å². The number of halogens is 2. The van der Waals surface area contributed by atoms with Crippen LogP contribution in [0.5, 0.6) is 5.75 Å². The Bertz CT molecular complexity index is 696. The monoisotopic (exact) mass is 344 g/mol. The third kappa shape index (κ3) is 3.33. The van der Waals surface area contributed by atoms with Crippen LogP contribution in [0.4, 0.5) is 4.39 Å². The molecule has 0 radical (unpaired) electrons. The van der Waals surface area contributed by atoms with Crippen molar-refractivity contribution in [2.75, 3.05) is 0 Å². The molecule has 2 rings (SSSR count). The Labute approximate surface area is 119 Å². The summed E-state index contributed by atoms with van der Waals surface area (Å²) in [7, 11) is -4.03. The molecule has 0 fully saturated rings. The summed E-state index contributed by atoms with van der Waals surface area (Å²) in [6, 6.07) is 9.98. The van der Waals surface area contributed by atoms with Gasteiger partial charge in [-0.15, -0.1) is 0 Å². The third-order valence-corrected chi connectivity index (χ3v) is 4.14. The van der Waals surface area contributed by atoms with E-state index in [1.54, 1.807) is 12.1 Å². The van der Waals surface area contributed by atoms with Crippen LogP contribution in [-0.2, 0) is 10.1 Å². The van der Waals surface area contributed by atoms with Crippen molar-refractivity contribution in [1.29, 1.82) is 0 Å². The minimum atomic E-state index is -4.03. The van der Waals surface area contributed by atoms with Crippen LogP contribution in [0.2, 0.25) is 0 Å². The van der Waals surface area contributed by atoms with Crippen molar-refractivity contribution in [2.45, 2.75) is 11.8 Å². The second-order valence-electron chi connectivity index (χ2n) is 3.93. The molecule has 0 N–H and O–H groups in total. The van der Waals surface area contributed by atoms with Crippen molar-refractivity contribution in [1.82, 2.24) is 0 Å². The molecule has 0 heterocycles. The second-order valence-corrected chi connectivity index (χ2v) is 6.39. The topological polar surface area (TPSA) is 43.4 Å². The first-order valence-electron chi connectivity index (χ1n) is 5.35. The van der Waals surface area contributed by atoms with Crippen molar-refractivity contribution in [2.24, 2.45) is 0 Å². The first kappa shape index (κ1) is 14.0. The molecular formula is C13H10BrFO3S. The lowest BCUT2D eigenvalue weighted by Crippen LogP contribution is -2.10. The van der Waals surface area contributed by atoms with Crippen molar-refractivity contribution >= 4 is 26.0 Å². The smallest absolute Gasteiger partial charge is 0.339 e. The van der Waals surface area contributed by atoms with Gasteiger partial charge in [0.05, 0.1) is 0 Å². The molecule has 2 aromatic rings. The quantitative estimate of drug-likeness (QED) is 0.798. The summed E-state index contributed by atoms with van der Waals surface area (Å²) in [4.78, 5) is -0.0162. The van der Waals surface area contributed by atoms with E-state index < -0.39 is 15.9 Å². The van der Waals surface area contributed by atoms with Gasteiger partial charge in [0.1, 0.15) is 4.90 Å². The van der Waals surface area contributed by atoms with E-state index in [2.05, 4.69) is 15.9 Å². The van der Waals surface area contributed by atoms with Crippen LogP contribution in [0, 0.1) is 12.7 Å². The van der Waals surface area contributed by atoms with Gasteiger partial charge in [-0.1, -0.05) is 33.6 Å². The van der Waals surface area contributed by atoms with E-state index in [1.165, 1.54) is 24.3 Å². The van der Waals surface area contributed by atoms with Crippen LogP contribution in [0.3, 0.4) is 0 Å². The summed E-state index contributed by atoms with van der Waals surface area (Å²) in [5.74, 6) is -1.08. The van der Waals surface area contributed by atoms with Gasteiger partial charge in [0, 0.05) is 4.47 Å². The molecule has 0 aliphatic heterocycles. The SMILES string of the molecule is Cc1ccc(S(=O)(=O)Oc2cc(Br)ccc2F)cc1. The molecule has 100 valence electrons. The molecule has 0 aromatic heterocycles. The lowest BCUT2D eigenvalue weighted by molar-refractivity contribution is 0.461. The van der Waals surface area contributed by atoms with Gasteiger partial charge in [0.2, 0.25) is 0 Å². The highest BCUT2D eigenvalue weighted by atomic mass is 79.9. The Morgan fingerprint density at radius 2 is 1.74 bits per heavy atom. The molecule has 3 nitrogen and oxygen atoms in total. The first-order valence-corrected chi connectivity index (χ1v) is 7.55. The van der Waals surface area contributed by atoms with Crippen LogP contribution in [0.15, 0.2) is 51.8 Å². The number of hydrogen-bond acceptors (Lipinski definition) is 3. The van der Waals surface area contributed by atoms with Gasteiger partial charge in [0.15, 0.2) is 11.6 Å². The minimum Gasteiger partial charge on any atom is -0.376 e. The van der Waals surface area contributed by atoms with E-state index in [9.17, 15) is 12.8 Å². The standard InChI is InChI=1S/C13H10BrFO3S/c1-9-2-5-11(6-3-9)19(16,17)18-13-8-10(14)4-7-12(13)15/h2-8H,1H3. The molecule has 0 saturated carbocycles. The molecule has 0 spiro atoms. The summed E-state index contributed by atoms with van der Waals surface area (Å²) in [5.41, 5.74) is 0.924. The zero-order chi connectivity index (χ0) is 14.0. The predicted molar refractivity (Wildman–Crippen MR) is 73.1 cm³/mol. The molecule has 19 heavy (non-hydrogen) atoms. The second kappa shape index (κ2) is 5.30. The fourth-order valence-corrected chi connectivity index (χ4v) is 2.68. The highest BCUT2D eigenvalue weighted by Gasteiger charge is 2.18. The molecule has 0 aliphatic carbocycles. The Morgan fingerprint density at radius 3 is 2.37 bits per heavy atom. The van der Waals surface area contributed by atoms with Crippen LogP contribution >= 0.6 is 15.9 Å². The van der Waals surface area contributed by atoms with Gasteiger partial charge in [0.25, 0.3) is 0 Å². The van der Waals surface area contributed by atoms with E-state index in [-0.39, 0.29) is 10.6 Å². The predicted octanol–water partition coefficient (Wildman–Crippen LogP) is 3.66. The Balaban J connectivity index is 2.36. The molecule has 0 unspecified atom stereocenters. The molecule has 0 amide bonds. The van der Waals surface area contributed by atoms with Gasteiger partial charge < -0.3 is 4.18 Å². The van der Waals surface area contributed by atoms with Crippen molar-refractivity contribution < 1.29 is 17.0 Å². The number of hydrogen-bond donors (Lipinski definition) is 0. The maximum atomic E-state index is 13.5. The fourth-order valence-electron chi connectivity index (χ4n) is 1.41. The fraction of sp³-hybridized carbons (Fsp3) is 0.0769. The Kier molecular flexibility index (Phi) is 3.91. The van der Waals surface area contributed by atoms with Crippen molar-refractivity contribution in [3.8, 4) is 5.75 Å². The van der Waals surface area contributed by atoms with Crippen LogP contribution in [0.25, 0.3) is 0 Å². The molecular weight excluding hydrogens is 335 g/mol.